The molecule has 0 aliphatic carbocycles. The maximum absolute atomic E-state index is 4.22. The van der Waals surface area contributed by atoms with Gasteiger partial charge in [0, 0.05) is 18.3 Å². The molecule has 1 heterocycles. The fourth-order valence-corrected chi connectivity index (χ4v) is 1.02. The second-order valence-electron chi connectivity index (χ2n) is 2.79. The van der Waals surface area contributed by atoms with Crippen molar-refractivity contribution in [3.05, 3.63) is 55.4 Å². The first-order chi connectivity index (χ1) is 6.93. The standard InChI is InChI=1S/C12H15N2/c1-2-3-5-8-13-9-12-14-10-6-4-7-11-14/h2-8,10-11H,1,9,12H2/q+1/b5-3-,13-8?. The summed E-state index contributed by atoms with van der Waals surface area (Å²) >= 11 is 0. The molecule has 0 saturated carbocycles. The first kappa shape index (κ1) is 10.4. The van der Waals surface area contributed by atoms with Gasteiger partial charge < -0.3 is 0 Å². The normalized spacial score (nSPS) is 11.1. The van der Waals surface area contributed by atoms with Gasteiger partial charge >= 0.3 is 0 Å². The lowest BCUT2D eigenvalue weighted by Gasteiger charge is -1.90. The first-order valence-electron chi connectivity index (χ1n) is 4.65. The van der Waals surface area contributed by atoms with Crippen LogP contribution in [-0.2, 0) is 6.54 Å². The number of pyridine rings is 1. The van der Waals surface area contributed by atoms with Crippen molar-refractivity contribution in [2.24, 2.45) is 4.99 Å². The highest BCUT2D eigenvalue weighted by molar-refractivity contribution is 5.71. The summed E-state index contributed by atoms with van der Waals surface area (Å²) in [7, 11) is 0. The molecule has 0 aliphatic rings. The van der Waals surface area contributed by atoms with Gasteiger partial charge in [-0.3, -0.25) is 4.99 Å². The molecule has 72 valence electrons. The van der Waals surface area contributed by atoms with Crippen LogP contribution in [0.15, 0.2) is 60.4 Å². The van der Waals surface area contributed by atoms with Crippen molar-refractivity contribution in [2.45, 2.75) is 6.54 Å². The highest BCUT2D eigenvalue weighted by Gasteiger charge is 1.93. The predicted octanol–water partition coefficient (Wildman–Crippen LogP) is 1.79. The second-order valence-corrected chi connectivity index (χ2v) is 2.79. The number of allylic oxidation sites excluding steroid dienone is 3. The second kappa shape index (κ2) is 6.78. The van der Waals surface area contributed by atoms with E-state index in [-0.39, 0.29) is 0 Å². The zero-order valence-electron chi connectivity index (χ0n) is 8.21. The Labute approximate surface area is 84.9 Å². The van der Waals surface area contributed by atoms with Crippen LogP contribution in [0.2, 0.25) is 0 Å². The van der Waals surface area contributed by atoms with Gasteiger partial charge in [-0.1, -0.05) is 24.8 Å². The average Bonchev–Trinajstić information content (AvgIpc) is 2.25. The van der Waals surface area contributed by atoms with E-state index in [1.807, 2.05) is 42.7 Å². The Kier molecular flexibility index (Phi) is 5.03. The third kappa shape index (κ3) is 4.36. The summed E-state index contributed by atoms with van der Waals surface area (Å²) in [5.41, 5.74) is 0. The topological polar surface area (TPSA) is 16.2 Å². The zero-order chi connectivity index (χ0) is 10.1. The molecule has 0 aliphatic heterocycles. The molecular formula is C12H15N2+. The van der Waals surface area contributed by atoms with Gasteiger partial charge in [-0.15, -0.1) is 0 Å². The maximum Gasteiger partial charge on any atom is 0.168 e. The quantitative estimate of drug-likeness (QED) is 0.379. The van der Waals surface area contributed by atoms with E-state index in [1.165, 1.54) is 0 Å². The van der Waals surface area contributed by atoms with Crippen molar-refractivity contribution >= 4 is 6.21 Å². The summed E-state index contributed by atoms with van der Waals surface area (Å²) in [5, 5.41) is 0. The lowest BCUT2D eigenvalue weighted by Crippen LogP contribution is -2.33. The van der Waals surface area contributed by atoms with Crippen molar-refractivity contribution < 1.29 is 4.57 Å². The van der Waals surface area contributed by atoms with Crippen LogP contribution >= 0.6 is 0 Å². The zero-order valence-corrected chi connectivity index (χ0v) is 8.21. The molecule has 2 nitrogen and oxygen atoms in total. The molecule has 0 saturated heterocycles. The van der Waals surface area contributed by atoms with E-state index in [2.05, 4.69) is 16.1 Å². The van der Waals surface area contributed by atoms with E-state index in [0.717, 1.165) is 13.1 Å². The Balaban J connectivity index is 2.25. The number of hydrogen-bond acceptors (Lipinski definition) is 1. The van der Waals surface area contributed by atoms with Crippen LogP contribution in [0.25, 0.3) is 0 Å². The van der Waals surface area contributed by atoms with Crippen LogP contribution in [0.4, 0.5) is 0 Å². The molecule has 0 fully saturated rings. The number of aromatic nitrogens is 1. The Morgan fingerprint density at radius 3 is 2.64 bits per heavy atom. The van der Waals surface area contributed by atoms with E-state index in [4.69, 9.17) is 0 Å². The Morgan fingerprint density at radius 1 is 1.14 bits per heavy atom. The minimum atomic E-state index is 0.802. The summed E-state index contributed by atoms with van der Waals surface area (Å²) in [6.45, 7) is 5.29. The Bertz CT molecular complexity index is 312. The third-order valence-electron chi connectivity index (χ3n) is 1.70. The van der Waals surface area contributed by atoms with Crippen molar-refractivity contribution in [3.8, 4) is 0 Å². The minimum Gasteiger partial charge on any atom is -0.287 e. The van der Waals surface area contributed by atoms with Gasteiger partial charge in [-0.25, -0.2) is 4.57 Å². The number of hydrogen-bond donors (Lipinski definition) is 0. The number of aliphatic imine (C=N–C) groups is 1. The summed E-state index contributed by atoms with van der Waals surface area (Å²) in [5.74, 6) is 0. The number of nitrogens with zero attached hydrogens (tertiary/aromatic N) is 2. The molecule has 0 atom stereocenters. The molecule has 0 aromatic carbocycles. The predicted molar refractivity (Wildman–Crippen MR) is 59.3 cm³/mol. The van der Waals surface area contributed by atoms with Crippen molar-refractivity contribution in [1.29, 1.82) is 0 Å². The highest BCUT2D eigenvalue weighted by Crippen LogP contribution is 1.78. The fraction of sp³-hybridized carbons (Fsp3) is 0.167. The van der Waals surface area contributed by atoms with Gasteiger partial charge in [0.1, 0.15) is 0 Å². The molecule has 0 radical (unpaired) electrons. The van der Waals surface area contributed by atoms with E-state index in [9.17, 15) is 0 Å². The first-order valence-corrected chi connectivity index (χ1v) is 4.65. The molecular weight excluding hydrogens is 172 g/mol. The van der Waals surface area contributed by atoms with Crippen molar-refractivity contribution in [2.75, 3.05) is 6.54 Å². The third-order valence-corrected chi connectivity index (χ3v) is 1.70. The van der Waals surface area contributed by atoms with Gasteiger partial charge in [-0.2, -0.15) is 0 Å². The molecule has 1 aromatic rings. The van der Waals surface area contributed by atoms with Gasteiger partial charge in [0.25, 0.3) is 0 Å². The van der Waals surface area contributed by atoms with Crippen molar-refractivity contribution in [1.82, 2.24) is 0 Å². The summed E-state index contributed by atoms with van der Waals surface area (Å²) in [6, 6.07) is 6.04. The molecule has 2 heteroatoms. The fourth-order valence-electron chi connectivity index (χ4n) is 1.02. The van der Waals surface area contributed by atoms with Gasteiger partial charge in [-0.05, 0) is 6.08 Å². The molecule has 14 heavy (non-hydrogen) atoms. The Hall–Kier alpha value is -1.70. The molecule has 1 aromatic heterocycles. The molecule has 0 unspecified atom stereocenters. The highest BCUT2D eigenvalue weighted by atomic mass is 14.9. The molecule has 1 rings (SSSR count). The average molecular weight is 187 g/mol. The molecule has 0 amide bonds. The monoisotopic (exact) mass is 187 g/mol. The van der Waals surface area contributed by atoms with Gasteiger partial charge in [0.15, 0.2) is 18.9 Å². The van der Waals surface area contributed by atoms with E-state index in [0.29, 0.717) is 0 Å². The molecule has 0 N–H and O–H groups in total. The van der Waals surface area contributed by atoms with Crippen LogP contribution in [0.1, 0.15) is 0 Å². The summed E-state index contributed by atoms with van der Waals surface area (Å²) < 4.78 is 2.11. The lowest BCUT2D eigenvalue weighted by atomic mass is 10.4. The van der Waals surface area contributed by atoms with E-state index in [1.54, 1.807) is 12.3 Å². The smallest absolute Gasteiger partial charge is 0.168 e. The lowest BCUT2D eigenvalue weighted by molar-refractivity contribution is -0.694. The van der Waals surface area contributed by atoms with E-state index >= 15 is 0 Å². The maximum atomic E-state index is 4.22. The summed E-state index contributed by atoms with van der Waals surface area (Å²) in [6.07, 6.45) is 11.3. The summed E-state index contributed by atoms with van der Waals surface area (Å²) in [4.78, 5) is 4.22. The van der Waals surface area contributed by atoms with Crippen molar-refractivity contribution in [3.63, 3.8) is 0 Å². The Morgan fingerprint density at radius 2 is 1.93 bits per heavy atom. The SMILES string of the molecule is C=C/C=C\C=NCC[n+]1ccccc1. The minimum absolute atomic E-state index is 0.802. The van der Waals surface area contributed by atoms with Crippen LogP contribution in [0.3, 0.4) is 0 Å². The van der Waals surface area contributed by atoms with Crippen LogP contribution < -0.4 is 4.57 Å². The van der Waals surface area contributed by atoms with Crippen LogP contribution in [0, 0.1) is 0 Å². The van der Waals surface area contributed by atoms with Gasteiger partial charge in [0.2, 0.25) is 0 Å². The van der Waals surface area contributed by atoms with Crippen LogP contribution in [0.5, 0.6) is 0 Å². The molecule has 0 bridgehead atoms. The van der Waals surface area contributed by atoms with E-state index < -0.39 is 0 Å². The molecule has 0 spiro atoms. The van der Waals surface area contributed by atoms with Gasteiger partial charge in [0.05, 0.1) is 6.54 Å². The largest absolute Gasteiger partial charge is 0.287 e. The van der Waals surface area contributed by atoms with Crippen LogP contribution in [-0.4, -0.2) is 12.8 Å². The number of rotatable bonds is 5.